The quantitative estimate of drug-likeness (QED) is 0.527. The molecule has 0 bridgehead atoms. The van der Waals surface area contributed by atoms with Gasteiger partial charge < -0.3 is 0 Å². The molecule has 9 heteroatoms. The average Bonchev–Trinajstić information content (AvgIpc) is 2.48. The zero-order valence-electron chi connectivity index (χ0n) is 10.9. The Morgan fingerprint density at radius 2 is 2.10 bits per heavy atom. The molecule has 1 heterocycles. The van der Waals surface area contributed by atoms with Crippen LogP contribution in [0.25, 0.3) is 0 Å². The van der Waals surface area contributed by atoms with E-state index in [4.69, 9.17) is 11.6 Å². The van der Waals surface area contributed by atoms with Gasteiger partial charge in [-0.15, -0.1) is 0 Å². The number of rotatable bonds is 4. The first-order chi connectivity index (χ1) is 9.99. The third kappa shape index (κ3) is 3.42. The van der Waals surface area contributed by atoms with Crippen LogP contribution in [0.3, 0.4) is 0 Å². The van der Waals surface area contributed by atoms with Gasteiger partial charge in [0.2, 0.25) is 0 Å². The summed E-state index contributed by atoms with van der Waals surface area (Å²) in [5.74, 6) is 0. The molecule has 0 fully saturated rings. The molecule has 0 aliphatic carbocycles. The smallest absolute Gasteiger partial charge is 0.275 e. The first-order valence-electron chi connectivity index (χ1n) is 5.74. The maximum absolute atomic E-state index is 11.5. The minimum absolute atomic E-state index is 0.00101. The van der Waals surface area contributed by atoms with E-state index in [2.05, 4.69) is 15.6 Å². The summed E-state index contributed by atoms with van der Waals surface area (Å²) in [5, 5.41) is 18.2. The zero-order valence-corrected chi connectivity index (χ0v) is 11.6. The largest absolute Gasteiger partial charge is 0.287 e. The number of benzene rings is 1. The number of aryl methyl sites for hydroxylation is 1. The van der Waals surface area contributed by atoms with Crippen molar-refractivity contribution < 1.29 is 4.92 Å². The van der Waals surface area contributed by atoms with E-state index in [9.17, 15) is 14.9 Å². The van der Waals surface area contributed by atoms with E-state index in [0.29, 0.717) is 5.56 Å². The van der Waals surface area contributed by atoms with Gasteiger partial charge in [0.05, 0.1) is 17.3 Å². The van der Waals surface area contributed by atoms with Gasteiger partial charge in [-0.2, -0.15) is 10.2 Å². The second kappa shape index (κ2) is 6.14. The lowest BCUT2D eigenvalue weighted by molar-refractivity contribution is -0.384. The number of nitrogens with one attached hydrogen (secondary N) is 1. The monoisotopic (exact) mass is 307 g/mol. The molecular formula is C12H10ClN5O3. The zero-order chi connectivity index (χ0) is 15.4. The molecule has 8 nitrogen and oxygen atoms in total. The van der Waals surface area contributed by atoms with Gasteiger partial charge >= 0.3 is 0 Å². The van der Waals surface area contributed by atoms with Gasteiger partial charge in [0.1, 0.15) is 10.7 Å². The molecular weight excluding hydrogens is 298 g/mol. The molecule has 0 aliphatic rings. The summed E-state index contributed by atoms with van der Waals surface area (Å²) < 4.78 is 1.10. The number of anilines is 1. The number of nitrogens with zero attached hydrogens (tertiary/aromatic N) is 4. The molecule has 0 amide bonds. The van der Waals surface area contributed by atoms with E-state index in [1.54, 1.807) is 12.1 Å². The van der Waals surface area contributed by atoms with Gasteiger partial charge in [-0.05, 0) is 17.7 Å². The number of nitro groups is 1. The van der Waals surface area contributed by atoms with Crippen molar-refractivity contribution in [2.24, 2.45) is 12.1 Å². The molecule has 2 aromatic rings. The first-order valence-corrected chi connectivity index (χ1v) is 6.12. The Morgan fingerprint density at radius 3 is 2.71 bits per heavy atom. The Bertz CT molecular complexity index is 754. The summed E-state index contributed by atoms with van der Waals surface area (Å²) in [6, 6.07) is 5.84. The molecule has 0 radical (unpaired) electrons. The maximum atomic E-state index is 11.5. The van der Waals surface area contributed by atoms with Gasteiger partial charge in [0.15, 0.2) is 0 Å². The summed E-state index contributed by atoms with van der Waals surface area (Å²) in [6.45, 7) is 0. The second-order valence-electron chi connectivity index (χ2n) is 4.02. The summed E-state index contributed by atoms with van der Waals surface area (Å²) in [4.78, 5) is 21.6. The Morgan fingerprint density at radius 1 is 1.43 bits per heavy atom. The molecule has 0 spiro atoms. The predicted octanol–water partition coefficient (Wildman–Crippen LogP) is 1.79. The fourth-order valence-corrected chi connectivity index (χ4v) is 1.66. The normalized spacial score (nSPS) is 10.8. The molecule has 0 atom stereocenters. The number of nitro benzene ring substituents is 1. The van der Waals surface area contributed by atoms with E-state index in [-0.39, 0.29) is 16.4 Å². The van der Waals surface area contributed by atoms with E-state index in [1.165, 1.54) is 31.6 Å². The van der Waals surface area contributed by atoms with Crippen LogP contribution in [-0.4, -0.2) is 20.9 Å². The minimum Gasteiger partial charge on any atom is -0.275 e. The maximum Gasteiger partial charge on any atom is 0.287 e. The average molecular weight is 308 g/mol. The molecule has 0 aliphatic heterocycles. The lowest BCUT2D eigenvalue weighted by Crippen LogP contribution is -2.20. The van der Waals surface area contributed by atoms with Gasteiger partial charge in [0, 0.05) is 19.2 Å². The Kier molecular flexibility index (Phi) is 4.29. The molecule has 0 saturated heterocycles. The number of hydrazone groups is 1. The number of hydrogen-bond donors (Lipinski definition) is 1. The molecule has 0 saturated carbocycles. The minimum atomic E-state index is -0.482. The van der Waals surface area contributed by atoms with Crippen LogP contribution in [0.5, 0.6) is 0 Å². The third-order valence-electron chi connectivity index (χ3n) is 2.58. The fraction of sp³-hybridized carbons (Fsp3) is 0.0833. The van der Waals surface area contributed by atoms with E-state index < -0.39 is 10.5 Å². The number of non-ortho nitro benzene ring substituents is 1. The van der Waals surface area contributed by atoms with Crippen molar-refractivity contribution in [3.8, 4) is 0 Å². The Hall–Kier alpha value is -2.74. The molecule has 1 aromatic heterocycles. The highest BCUT2D eigenvalue weighted by Gasteiger charge is 2.06. The highest BCUT2D eigenvalue weighted by atomic mass is 35.5. The fourth-order valence-electron chi connectivity index (χ4n) is 1.45. The SMILES string of the molecule is Cn1ncc(N/N=C\c2ccc([N+](=O)[O-])cc2)c(Cl)c1=O. The summed E-state index contributed by atoms with van der Waals surface area (Å²) in [7, 11) is 1.48. The molecule has 0 unspecified atom stereocenters. The lowest BCUT2D eigenvalue weighted by Gasteiger charge is -2.03. The molecule has 108 valence electrons. The van der Waals surface area contributed by atoms with Crippen LogP contribution < -0.4 is 11.0 Å². The van der Waals surface area contributed by atoms with Gasteiger partial charge in [-0.3, -0.25) is 20.3 Å². The highest BCUT2D eigenvalue weighted by Crippen LogP contribution is 2.15. The number of hydrogen-bond acceptors (Lipinski definition) is 6. The van der Waals surface area contributed by atoms with Crippen LogP contribution in [0, 0.1) is 10.1 Å². The summed E-state index contributed by atoms with van der Waals surface area (Å²) in [6.07, 6.45) is 2.81. The van der Waals surface area contributed by atoms with Crippen molar-refractivity contribution in [3.63, 3.8) is 0 Å². The van der Waals surface area contributed by atoms with E-state index in [1.807, 2.05) is 0 Å². The van der Waals surface area contributed by atoms with Crippen molar-refractivity contribution in [2.75, 3.05) is 5.43 Å². The third-order valence-corrected chi connectivity index (χ3v) is 2.95. The van der Waals surface area contributed by atoms with Crippen LogP contribution in [0.1, 0.15) is 5.56 Å². The summed E-state index contributed by atoms with van der Waals surface area (Å²) in [5.41, 5.74) is 3.09. The molecule has 1 aromatic carbocycles. The topological polar surface area (TPSA) is 102 Å². The second-order valence-corrected chi connectivity index (χ2v) is 4.40. The van der Waals surface area contributed by atoms with E-state index in [0.717, 1.165) is 4.68 Å². The standard InChI is InChI=1S/C12H10ClN5O3/c1-17-12(19)11(13)10(7-15-17)16-14-6-8-2-4-9(5-3-8)18(20)21/h2-7,16H,1H3/b14-6-. The summed E-state index contributed by atoms with van der Waals surface area (Å²) >= 11 is 5.85. The van der Waals surface area contributed by atoms with Crippen molar-refractivity contribution in [3.05, 3.63) is 61.5 Å². The van der Waals surface area contributed by atoms with Crippen LogP contribution >= 0.6 is 11.6 Å². The van der Waals surface area contributed by atoms with Gasteiger partial charge in [-0.1, -0.05) is 11.6 Å². The molecule has 2 rings (SSSR count). The number of halogens is 1. The first kappa shape index (κ1) is 14.7. The van der Waals surface area contributed by atoms with Crippen LogP contribution in [0.4, 0.5) is 11.4 Å². The van der Waals surface area contributed by atoms with Crippen molar-refractivity contribution in [2.45, 2.75) is 0 Å². The Labute approximate surface area is 123 Å². The van der Waals surface area contributed by atoms with Crippen molar-refractivity contribution in [1.29, 1.82) is 0 Å². The van der Waals surface area contributed by atoms with Gasteiger partial charge in [0.25, 0.3) is 11.2 Å². The number of aromatic nitrogens is 2. The Balaban J connectivity index is 2.11. The van der Waals surface area contributed by atoms with Crippen LogP contribution in [-0.2, 0) is 7.05 Å². The predicted molar refractivity (Wildman–Crippen MR) is 78.8 cm³/mol. The van der Waals surface area contributed by atoms with Crippen molar-refractivity contribution >= 4 is 29.2 Å². The van der Waals surface area contributed by atoms with Crippen molar-refractivity contribution in [1.82, 2.24) is 9.78 Å². The molecule has 21 heavy (non-hydrogen) atoms. The van der Waals surface area contributed by atoms with E-state index >= 15 is 0 Å². The lowest BCUT2D eigenvalue weighted by atomic mass is 10.2. The van der Waals surface area contributed by atoms with Crippen LogP contribution in [0.15, 0.2) is 40.4 Å². The van der Waals surface area contributed by atoms with Gasteiger partial charge in [-0.25, -0.2) is 4.68 Å². The highest BCUT2D eigenvalue weighted by molar-refractivity contribution is 6.32. The molecule has 1 N–H and O–H groups in total. The van der Waals surface area contributed by atoms with Crippen LogP contribution in [0.2, 0.25) is 5.02 Å².